The molecule has 1 aromatic carbocycles. The third-order valence-corrected chi connectivity index (χ3v) is 5.88. The van der Waals surface area contributed by atoms with Crippen LogP contribution in [0.2, 0.25) is 5.02 Å². The van der Waals surface area contributed by atoms with Gasteiger partial charge in [-0.15, -0.1) is 0 Å². The number of aromatic nitrogens is 3. The van der Waals surface area contributed by atoms with Crippen molar-refractivity contribution in [3.8, 4) is 17.0 Å². The SMILES string of the molecule is C=CC(=O)N1C[C@H](C)N(c2nc(=O)[nH]c3nc(-c4c(O)cccc4F)c(Cl)cc23)C[C@H]1C. The summed E-state index contributed by atoms with van der Waals surface area (Å²) in [6.45, 7) is 8.23. The van der Waals surface area contributed by atoms with Gasteiger partial charge in [-0.05, 0) is 38.1 Å². The van der Waals surface area contributed by atoms with Crippen molar-refractivity contribution in [2.75, 3.05) is 18.0 Å². The Morgan fingerprint density at radius 2 is 2.06 bits per heavy atom. The topological polar surface area (TPSA) is 102 Å². The van der Waals surface area contributed by atoms with Gasteiger partial charge in [0.15, 0.2) is 0 Å². The van der Waals surface area contributed by atoms with Crippen molar-refractivity contribution in [2.24, 2.45) is 0 Å². The number of nitrogens with one attached hydrogen (secondary N) is 1. The molecule has 0 radical (unpaired) electrons. The molecule has 166 valence electrons. The average Bonchev–Trinajstić information content (AvgIpc) is 2.74. The van der Waals surface area contributed by atoms with Crippen LogP contribution in [0.4, 0.5) is 10.2 Å². The van der Waals surface area contributed by atoms with Gasteiger partial charge in [-0.3, -0.25) is 9.78 Å². The zero-order valence-corrected chi connectivity index (χ0v) is 18.2. The van der Waals surface area contributed by atoms with Gasteiger partial charge in [0.25, 0.3) is 0 Å². The van der Waals surface area contributed by atoms with Gasteiger partial charge in [-0.1, -0.05) is 24.2 Å². The summed E-state index contributed by atoms with van der Waals surface area (Å²) < 4.78 is 14.4. The van der Waals surface area contributed by atoms with Gasteiger partial charge in [-0.2, -0.15) is 4.98 Å². The molecule has 0 aliphatic carbocycles. The lowest BCUT2D eigenvalue weighted by Crippen LogP contribution is -2.58. The van der Waals surface area contributed by atoms with Gasteiger partial charge < -0.3 is 14.9 Å². The van der Waals surface area contributed by atoms with E-state index < -0.39 is 11.5 Å². The maximum atomic E-state index is 14.4. The molecular weight excluding hydrogens is 437 g/mol. The number of H-pyrrole nitrogens is 1. The summed E-state index contributed by atoms with van der Waals surface area (Å²) in [6.07, 6.45) is 1.28. The van der Waals surface area contributed by atoms with Gasteiger partial charge in [0.05, 0.1) is 21.7 Å². The molecule has 4 rings (SSSR count). The first-order chi connectivity index (χ1) is 15.2. The van der Waals surface area contributed by atoms with E-state index in [1.54, 1.807) is 11.0 Å². The smallest absolute Gasteiger partial charge is 0.348 e. The molecule has 1 aliphatic heterocycles. The molecule has 10 heteroatoms. The first-order valence-electron chi connectivity index (χ1n) is 9.99. The van der Waals surface area contributed by atoms with Crippen molar-refractivity contribution < 1.29 is 14.3 Å². The maximum absolute atomic E-state index is 14.4. The van der Waals surface area contributed by atoms with E-state index in [0.717, 1.165) is 0 Å². The number of pyridine rings is 1. The molecule has 32 heavy (non-hydrogen) atoms. The molecule has 1 fully saturated rings. The number of phenolic OH excluding ortho intramolecular Hbond substituents is 1. The van der Waals surface area contributed by atoms with E-state index in [9.17, 15) is 19.1 Å². The lowest BCUT2D eigenvalue weighted by atomic mass is 10.1. The fourth-order valence-corrected chi connectivity index (χ4v) is 4.27. The summed E-state index contributed by atoms with van der Waals surface area (Å²) in [4.78, 5) is 39.2. The minimum Gasteiger partial charge on any atom is -0.507 e. The second kappa shape index (κ2) is 8.23. The van der Waals surface area contributed by atoms with Crippen LogP contribution < -0.4 is 10.6 Å². The number of halogens is 2. The number of hydrogen-bond acceptors (Lipinski definition) is 6. The number of hydrogen-bond donors (Lipinski definition) is 2. The van der Waals surface area contributed by atoms with Gasteiger partial charge in [0.2, 0.25) is 5.91 Å². The van der Waals surface area contributed by atoms with Crippen molar-refractivity contribution in [3.05, 3.63) is 58.2 Å². The lowest BCUT2D eigenvalue weighted by molar-refractivity contribution is -0.128. The summed E-state index contributed by atoms with van der Waals surface area (Å²) >= 11 is 6.44. The minimum atomic E-state index is -0.694. The molecule has 3 aromatic rings. The van der Waals surface area contributed by atoms with Crippen LogP contribution in [0, 0.1) is 5.82 Å². The third-order valence-electron chi connectivity index (χ3n) is 5.59. The molecule has 2 atom stereocenters. The number of fused-ring (bicyclic) bond motifs is 1. The molecule has 2 N–H and O–H groups in total. The zero-order chi connectivity index (χ0) is 23.2. The molecule has 8 nitrogen and oxygen atoms in total. The van der Waals surface area contributed by atoms with Crippen LogP contribution in [0.15, 0.2) is 41.7 Å². The Morgan fingerprint density at radius 1 is 1.31 bits per heavy atom. The van der Waals surface area contributed by atoms with Crippen LogP contribution in [0.25, 0.3) is 22.3 Å². The number of carbonyl (C=O) groups is 1. The standard InChI is InChI=1S/C22H21ClFN5O3/c1-4-17(31)28-9-12(3)29(10-11(28)2)21-13-8-14(23)19(25-20(13)26-22(32)27-21)18-15(24)6-5-7-16(18)30/h4-8,11-12,30H,1,9-10H2,2-3H3,(H,25,26,27,32)/t11-,12+/m1/s1. The number of aromatic hydroxyl groups is 1. The molecule has 0 spiro atoms. The number of phenols is 1. The van der Waals surface area contributed by atoms with Crippen molar-refractivity contribution in [1.29, 1.82) is 0 Å². The summed E-state index contributed by atoms with van der Waals surface area (Å²) in [7, 11) is 0. The lowest BCUT2D eigenvalue weighted by Gasteiger charge is -2.44. The van der Waals surface area contributed by atoms with Crippen molar-refractivity contribution >= 4 is 34.4 Å². The summed E-state index contributed by atoms with van der Waals surface area (Å²) in [5.41, 5.74) is -0.621. The Kier molecular flexibility index (Phi) is 5.60. The third kappa shape index (κ3) is 3.69. The minimum absolute atomic E-state index is 0.00498. The second-order valence-electron chi connectivity index (χ2n) is 7.76. The summed E-state index contributed by atoms with van der Waals surface area (Å²) in [5, 5.41) is 10.7. The molecule has 1 saturated heterocycles. The van der Waals surface area contributed by atoms with Crippen molar-refractivity contribution in [3.63, 3.8) is 0 Å². The highest BCUT2D eigenvalue weighted by molar-refractivity contribution is 6.34. The molecule has 1 aliphatic rings. The normalized spacial score (nSPS) is 18.8. The van der Waals surface area contributed by atoms with Gasteiger partial charge in [0, 0.05) is 25.2 Å². The fourth-order valence-electron chi connectivity index (χ4n) is 4.03. The van der Waals surface area contributed by atoms with Crippen LogP contribution >= 0.6 is 11.6 Å². The Balaban J connectivity index is 1.84. The Morgan fingerprint density at radius 3 is 2.75 bits per heavy atom. The first kappa shape index (κ1) is 21.8. The van der Waals surface area contributed by atoms with Gasteiger partial charge in [0.1, 0.15) is 23.0 Å². The number of nitrogens with zero attached hydrogens (tertiary/aromatic N) is 4. The largest absolute Gasteiger partial charge is 0.507 e. The quantitative estimate of drug-likeness (QED) is 0.586. The monoisotopic (exact) mass is 457 g/mol. The van der Waals surface area contributed by atoms with Crippen LogP contribution in [-0.2, 0) is 4.79 Å². The van der Waals surface area contributed by atoms with E-state index in [0.29, 0.717) is 24.3 Å². The van der Waals surface area contributed by atoms with Crippen molar-refractivity contribution in [2.45, 2.75) is 25.9 Å². The number of aromatic amines is 1. The highest BCUT2D eigenvalue weighted by atomic mass is 35.5. The molecule has 3 heterocycles. The van der Waals surface area contributed by atoms with Crippen LogP contribution in [-0.4, -0.2) is 56.0 Å². The van der Waals surface area contributed by atoms with E-state index in [2.05, 4.69) is 21.5 Å². The second-order valence-corrected chi connectivity index (χ2v) is 8.17. The summed E-state index contributed by atoms with van der Waals surface area (Å²) in [6, 6.07) is 5.13. The highest BCUT2D eigenvalue weighted by Crippen LogP contribution is 2.37. The molecule has 1 amide bonds. The molecule has 0 unspecified atom stereocenters. The van der Waals surface area contributed by atoms with Crippen molar-refractivity contribution in [1.82, 2.24) is 19.9 Å². The molecular formula is C22H21ClFN5O3. The Labute approximate surface area is 188 Å². The predicted molar refractivity (Wildman–Crippen MR) is 120 cm³/mol. The van der Waals surface area contributed by atoms with Gasteiger partial charge in [-0.25, -0.2) is 14.2 Å². The van der Waals surface area contributed by atoms with E-state index in [-0.39, 0.29) is 45.7 Å². The summed E-state index contributed by atoms with van der Waals surface area (Å²) in [5.74, 6) is -0.805. The van der Waals surface area contributed by atoms with Crippen LogP contribution in [0.1, 0.15) is 13.8 Å². The molecule has 2 aromatic heterocycles. The Bertz CT molecular complexity index is 1270. The maximum Gasteiger partial charge on any atom is 0.348 e. The number of amides is 1. The Hall–Kier alpha value is -3.46. The predicted octanol–water partition coefficient (Wildman–Crippen LogP) is 3.09. The number of piperazine rings is 1. The average molecular weight is 458 g/mol. The number of carbonyl (C=O) groups excluding carboxylic acids is 1. The molecule has 0 saturated carbocycles. The first-order valence-corrected chi connectivity index (χ1v) is 10.4. The van der Waals surface area contributed by atoms with E-state index in [1.807, 2.05) is 18.7 Å². The van der Waals surface area contributed by atoms with E-state index >= 15 is 0 Å². The van der Waals surface area contributed by atoms with Crippen LogP contribution in [0.3, 0.4) is 0 Å². The van der Waals surface area contributed by atoms with E-state index in [4.69, 9.17) is 11.6 Å². The fraction of sp³-hybridized carbons (Fsp3) is 0.273. The highest BCUT2D eigenvalue weighted by Gasteiger charge is 2.33. The number of rotatable bonds is 3. The zero-order valence-electron chi connectivity index (χ0n) is 17.5. The number of benzene rings is 1. The van der Waals surface area contributed by atoms with Gasteiger partial charge >= 0.3 is 5.69 Å². The number of anilines is 1. The van der Waals surface area contributed by atoms with Crippen LogP contribution in [0.5, 0.6) is 5.75 Å². The van der Waals surface area contributed by atoms with E-state index in [1.165, 1.54) is 24.3 Å². The molecule has 0 bridgehead atoms.